The number of rotatable bonds is 5. The molecule has 2 N–H and O–H groups in total. The fourth-order valence-corrected chi connectivity index (χ4v) is 4.44. The largest absolute Gasteiger partial charge is 0.486 e. The molecule has 0 spiro atoms. The number of aliphatic hydroxyl groups excluding tert-OH is 1. The molecule has 3 heterocycles. The summed E-state index contributed by atoms with van der Waals surface area (Å²) in [6.07, 6.45) is 2.23. The smallest absolute Gasteiger partial charge is 0.321 e. The van der Waals surface area contributed by atoms with Crippen LogP contribution in [0.5, 0.6) is 11.5 Å². The number of carbonyl (C=O) groups excluding carboxylic acids is 2. The number of urea groups is 1. The summed E-state index contributed by atoms with van der Waals surface area (Å²) in [5.74, 6) is 1.10. The van der Waals surface area contributed by atoms with Crippen molar-refractivity contribution in [3.05, 3.63) is 30.1 Å². The van der Waals surface area contributed by atoms with Gasteiger partial charge in [0.2, 0.25) is 5.91 Å². The molecule has 0 fully saturated rings. The van der Waals surface area contributed by atoms with Crippen LogP contribution in [0.25, 0.3) is 0 Å². The number of benzene rings is 1. The number of ether oxygens (including phenoxy) is 3. The Hall–Kier alpha value is -3.38. The van der Waals surface area contributed by atoms with E-state index in [1.807, 2.05) is 13.8 Å². The van der Waals surface area contributed by atoms with Gasteiger partial charge in [-0.2, -0.15) is 0 Å². The number of aromatic nitrogens is 3. The lowest BCUT2D eigenvalue weighted by molar-refractivity contribution is -0.136. The standard InChI is InChI=1S/C25H36N6O6/c1-17-13-30(18(2)15-32)24(33)5-4-8-31-20(12-26-28-31)16-37-23(17)14-29(3)25(34)27-19-6-7-21-22(11-19)36-10-9-35-21/h6-7,11-12,17-18,23,32H,4-5,8-10,13-16H2,1-3H3,(H,27,34)/t17-,18+,23+/m0/s1. The van der Waals surface area contributed by atoms with E-state index < -0.39 is 0 Å². The Morgan fingerprint density at radius 3 is 2.86 bits per heavy atom. The minimum absolute atomic E-state index is 0.0286. The van der Waals surface area contributed by atoms with Crippen molar-refractivity contribution in [2.45, 2.75) is 52.0 Å². The fraction of sp³-hybridized carbons (Fsp3) is 0.600. The molecule has 2 aliphatic heterocycles. The van der Waals surface area contributed by atoms with Gasteiger partial charge < -0.3 is 34.4 Å². The van der Waals surface area contributed by atoms with Crippen molar-refractivity contribution >= 4 is 17.6 Å². The minimum atomic E-state index is -0.389. The number of aliphatic hydroxyl groups is 1. The first-order chi connectivity index (χ1) is 17.9. The van der Waals surface area contributed by atoms with E-state index in [0.717, 1.165) is 5.69 Å². The number of likely N-dealkylation sites (N-methyl/N-ethyl adjacent to an activating group) is 1. The van der Waals surface area contributed by atoms with E-state index in [4.69, 9.17) is 14.2 Å². The molecule has 2 aliphatic rings. The molecule has 0 unspecified atom stereocenters. The first-order valence-corrected chi connectivity index (χ1v) is 12.7. The van der Waals surface area contributed by atoms with Gasteiger partial charge in [0, 0.05) is 50.8 Å². The van der Waals surface area contributed by atoms with E-state index in [9.17, 15) is 14.7 Å². The quantitative estimate of drug-likeness (QED) is 0.614. The van der Waals surface area contributed by atoms with E-state index in [2.05, 4.69) is 15.6 Å². The van der Waals surface area contributed by atoms with Gasteiger partial charge in [-0.15, -0.1) is 5.10 Å². The number of nitrogens with zero attached hydrogens (tertiary/aromatic N) is 5. The molecule has 202 valence electrons. The Morgan fingerprint density at radius 1 is 1.30 bits per heavy atom. The summed E-state index contributed by atoms with van der Waals surface area (Å²) in [4.78, 5) is 29.3. The van der Waals surface area contributed by atoms with E-state index in [1.165, 1.54) is 0 Å². The van der Waals surface area contributed by atoms with Crippen LogP contribution in [0.3, 0.4) is 0 Å². The molecule has 37 heavy (non-hydrogen) atoms. The average Bonchev–Trinajstić information content (AvgIpc) is 3.35. The first kappa shape index (κ1) is 26.7. The number of amides is 3. The van der Waals surface area contributed by atoms with Crippen LogP contribution in [-0.2, 0) is 22.7 Å². The maximum Gasteiger partial charge on any atom is 0.321 e. The lowest BCUT2D eigenvalue weighted by atomic mass is 10.0. The minimum Gasteiger partial charge on any atom is -0.486 e. The Labute approximate surface area is 216 Å². The lowest BCUT2D eigenvalue weighted by Gasteiger charge is -2.35. The topological polar surface area (TPSA) is 131 Å². The number of anilines is 1. The third-order valence-corrected chi connectivity index (χ3v) is 6.73. The second-order valence-electron chi connectivity index (χ2n) is 9.63. The highest BCUT2D eigenvalue weighted by Crippen LogP contribution is 2.32. The lowest BCUT2D eigenvalue weighted by Crippen LogP contribution is -2.48. The zero-order valence-electron chi connectivity index (χ0n) is 21.6. The highest BCUT2D eigenvalue weighted by Gasteiger charge is 2.29. The van der Waals surface area contributed by atoms with Crippen molar-refractivity contribution in [3.8, 4) is 11.5 Å². The summed E-state index contributed by atoms with van der Waals surface area (Å²) >= 11 is 0. The molecule has 4 rings (SSSR count). The number of nitrogens with one attached hydrogen (secondary N) is 1. The predicted octanol–water partition coefficient (Wildman–Crippen LogP) is 1.74. The van der Waals surface area contributed by atoms with E-state index in [1.54, 1.807) is 45.9 Å². The molecule has 0 bridgehead atoms. The molecule has 0 radical (unpaired) electrons. The zero-order chi connectivity index (χ0) is 26.4. The number of aryl methyl sites for hydroxylation is 1. The van der Waals surface area contributed by atoms with E-state index >= 15 is 0 Å². The maximum atomic E-state index is 13.0. The molecule has 0 saturated heterocycles. The molecule has 3 atom stereocenters. The molecule has 12 nitrogen and oxygen atoms in total. The Balaban J connectivity index is 1.47. The molecule has 2 aromatic rings. The molecular formula is C25H36N6O6. The van der Waals surface area contributed by atoms with Crippen LogP contribution in [0, 0.1) is 5.92 Å². The summed E-state index contributed by atoms with van der Waals surface area (Å²) in [7, 11) is 1.70. The van der Waals surface area contributed by atoms with Crippen LogP contribution in [0.2, 0.25) is 0 Å². The summed E-state index contributed by atoms with van der Waals surface area (Å²) in [6, 6.07) is 4.65. The summed E-state index contributed by atoms with van der Waals surface area (Å²) in [6.45, 7) is 6.16. The van der Waals surface area contributed by atoms with Crippen LogP contribution in [-0.4, -0.2) is 93.9 Å². The van der Waals surface area contributed by atoms with Crippen LogP contribution in [0.4, 0.5) is 10.5 Å². The van der Waals surface area contributed by atoms with Gasteiger partial charge in [0.1, 0.15) is 13.2 Å². The van der Waals surface area contributed by atoms with Crippen molar-refractivity contribution in [2.75, 3.05) is 45.3 Å². The van der Waals surface area contributed by atoms with Crippen molar-refractivity contribution in [3.63, 3.8) is 0 Å². The van der Waals surface area contributed by atoms with Gasteiger partial charge in [-0.05, 0) is 25.5 Å². The fourth-order valence-electron chi connectivity index (χ4n) is 4.44. The summed E-state index contributed by atoms with van der Waals surface area (Å²) in [5, 5.41) is 20.8. The Kier molecular flexibility index (Phi) is 8.82. The number of fused-ring (bicyclic) bond motifs is 2. The van der Waals surface area contributed by atoms with Crippen molar-refractivity contribution in [1.29, 1.82) is 0 Å². The molecule has 12 heteroatoms. The van der Waals surface area contributed by atoms with Gasteiger partial charge in [-0.3, -0.25) is 4.79 Å². The predicted molar refractivity (Wildman–Crippen MR) is 134 cm³/mol. The molecule has 3 amide bonds. The van der Waals surface area contributed by atoms with Gasteiger partial charge in [-0.25, -0.2) is 9.48 Å². The van der Waals surface area contributed by atoms with Crippen molar-refractivity contribution < 1.29 is 28.9 Å². The maximum absolute atomic E-state index is 13.0. The monoisotopic (exact) mass is 516 g/mol. The van der Waals surface area contributed by atoms with E-state index in [0.29, 0.717) is 56.3 Å². The van der Waals surface area contributed by atoms with Crippen LogP contribution in [0.1, 0.15) is 32.4 Å². The highest BCUT2D eigenvalue weighted by atomic mass is 16.6. The Morgan fingerprint density at radius 2 is 2.08 bits per heavy atom. The van der Waals surface area contributed by atoms with Crippen LogP contribution in [0.15, 0.2) is 24.4 Å². The van der Waals surface area contributed by atoms with Gasteiger partial charge in [-0.1, -0.05) is 12.1 Å². The highest BCUT2D eigenvalue weighted by molar-refractivity contribution is 5.89. The SMILES string of the molecule is C[C@H](CO)N1C[C@H](C)[C@@H](CN(C)C(=O)Nc2ccc3c(c2)OCCO3)OCc2cnnn2CCCC1=O. The second-order valence-corrected chi connectivity index (χ2v) is 9.63. The number of carbonyl (C=O) groups is 2. The first-order valence-electron chi connectivity index (χ1n) is 12.7. The normalized spacial score (nSPS) is 21.3. The molecule has 1 aromatic carbocycles. The van der Waals surface area contributed by atoms with Crippen LogP contribution >= 0.6 is 0 Å². The van der Waals surface area contributed by atoms with Gasteiger partial charge in [0.15, 0.2) is 11.5 Å². The Bertz CT molecular complexity index is 1080. The molecular weight excluding hydrogens is 480 g/mol. The van der Waals surface area contributed by atoms with Crippen molar-refractivity contribution in [1.82, 2.24) is 24.8 Å². The third-order valence-electron chi connectivity index (χ3n) is 6.73. The average molecular weight is 517 g/mol. The number of hydrogen-bond acceptors (Lipinski definition) is 8. The third kappa shape index (κ3) is 6.69. The van der Waals surface area contributed by atoms with Gasteiger partial charge in [0.25, 0.3) is 0 Å². The molecule has 0 saturated carbocycles. The van der Waals surface area contributed by atoms with Crippen LogP contribution < -0.4 is 14.8 Å². The van der Waals surface area contributed by atoms with Gasteiger partial charge >= 0.3 is 6.03 Å². The van der Waals surface area contributed by atoms with Crippen molar-refractivity contribution in [2.24, 2.45) is 5.92 Å². The molecule has 0 aliphatic carbocycles. The summed E-state index contributed by atoms with van der Waals surface area (Å²) in [5.41, 5.74) is 1.41. The summed E-state index contributed by atoms with van der Waals surface area (Å²) < 4.78 is 19.2. The molecule has 1 aromatic heterocycles. The second kappa shape index (κ2) is 12.2. The zero-order valence-corrected chi connectivity index (χ0v) is 21.6. The van der Waals surface area contributed by atoms with E-state index in [-0.39, 0.29) is 49.8 Å². The number of hydrogen-bond donors (Lipinski definition) is 2. The van der Waals surface area contributed by atoms with Gasteiger partial charge in [0.05, 0.1) is 37.3 Å².